The highest BCUT2D eigenvalue weighted by molar-refractivity contribution is 6.06. The van der Waals surface area contributed by atoms with Gasteiger partial charge in [-0.3, -0.25) is 9.78 Å². The zero-order chi connectivity index (χ0) is 22.6. The third kappa shape index (κ3) is 4.39. The van der Waals surface area contributed by atoms with Gasteiger partial charge in [-0.05, 0) is 54.8 Å². The van der Waals surface area contributed by atoms with Crippen molar-refractivity contribution < 1.29 is 9.21 Å². The van der Waals surface area contributed by atoms with Gasteiger partial charge >= 0.3 is 0 Å². The molecule has 7 nitrogen and oxygen atoms in total. The van der Waals surface area contributed by atoms with Crippen molar-refractivity contribution in [2.45, 2.75) is 19.9 Å². The molecule has 0 radical (unpaired) electrons. The van der Waals surface area contributed by atoms with Crippen LogP contribution in [0.5, 0.6) is 0 Å². The first-order valence-corrected chi connectivity index (χ1v) is 10.8. The van der Waals surface area contributed by atoms with Crippen LogP contribution < -0.4 is 5.32 Å². The Bertz CT molecular complexity index is 1390. The van der Waals surface area contributed by atoms with Gasteiger partial charge < -0.3 is 9.73 Å². The van der Waals surface area contributed by atoms with E-state index in [1.165, 1.54) is 11.1 Å². The highest BCUT2D eigenvalue weighted by Crippen LogP contribution is 2.25. The number of carbonyl (C=O) groups excluding carboxylic acids is 1. The Morgan fingerprint density at radius 2 is 2.00 bits per heavy atom. The molecule has 1 N–H and O–H groups in total. The third-order valence-electron chi connectivity index (χ3n) is 5.64. The molecule has 0 aliphatic heterocycles. The zero-order valence-electron chi connectivity index (χ0n) is 18.2. The number of nitrogens with zero attached hydrogens (tertiary/aromatic N) is 4. The maximum Gasteiger partial charge on any atom is 0.252 e. The van der Waals surface area contributed by atoms with Gasteiger partial charge in [0.1, 0.15) is 12.3 Å². The molecule has 5 rings (SSSR count). The minimum atomic E-state index is -0.154. The summed E-state index contributed by atoms with van der Waals surface area (Å²) in [4.78, 5) is 22.2. The second kappa shape index (κ2) is 9.08. The average Bonchev–Trinajstić information content (AvgIpc) is 3.51. The molecule has 5 aromatic rings. The molecular formula is C26H23N5O2. The van der Waals surface area contributed by atoms with Crippen LogP contribution in [0.1, 0.15) is 27.2 Å². The first-order valence-electron chi connectivity index (χ1n) is 10.8. The first kappa shape index (κ1) is 20.6. The van der Waals surface area contributed by atoms with E-state index >= 15 is 0 Å². The van der Waals surface area contributed by atoms with Crippen molar-refractivity contribution in [2.24, 2.45) is 0 Å². The number of pyridine rings is 2. The van der Waals surface area contributed by atoms with Gasteiger partial charge in [-0.15, -0.1) is 0 Å². The van der Waals surface area contributed by atoms with E-state index in [4.69, 9.17) is 9.40 Å². The Hall–Kier alpha value is -4.26. The quantitative estimate of drug-likeness (QED) is 0.407. The Morgan fingerprint density at radius 3 is 2.79 bits per heavy atom. The molecule has 0 atom stereocenters. The number of aromatic nitrogens is 4. The molecule has 0 fully saturated rings. The van der Waals surface area contributed by atoms with Crippen LogP contribution in [0, 0.1) is 6.92 Å². The summed E-state index contributed by atoms with van der Waals surface area (Å²) >= 11 is 0. The Labute approximate surface area is 191 Å². The molecule has 4 aromatic heterocycles. The summed E-state index contributed by atoms with van der Waals surface area (Å²) in [5.74, 6) is 0.608. The Balaban J connectivity index is 1.47. The van der Waals surface area contributed by atoms with Gasteiger partial charge in [0.05, 0.1) is 29.1 Å². The number of furan rings is 1. The Kier molecular flexibility index (Phi) is 5.68. The van der Waals surface area contributed by atoms with Gasteiger partial charge in [0.2, 0.25) is 0 Å². The van der Waals surface area contributed by atoms with Crippen LogP contribution in [0.4, 0.5) is 0 Å². The predicted molar refractivity (Wildman–Crippen MR) is 126 cm³/mol. The Morgan fingerprint density at radius 1 is 1.09 bits per heavy atom. The van der Waals surface area contributed by atoms with E-state index in [-0.39, 0.29) is 5.91 Å². The molecule has 0 aliphatic carbocycles. The number of carbonyl (C=O) groups is 1. The van der Waals surface area contributed by atoms with E-state index < -0.39 is 0 Å². The van der Waals surface area contributed by atoms with E-state index in [9.17, 15) is 4.79 Å². The maximum atomic E-state index is 13.2. The fourth-order valence-electron chi connectivity index (χ4n) is 3.86. The van der Waals surface area contributed by atoms with E-state index in [0.29, 0.717) is 35.4 Å². The van der Waals surface area contributed by atoms with Gasteiger partial charge in [0.25, 0.3) is 5.91 Å². The number of amides is 1. The van der Waals surface area contributed by atoms with Crippen molar-refractivity contribution in [3.05, 3.63) is 102 Å². The van der Waals surface area contributed by atoms with Crippen LogP contribution in [-0.4, -0.2) is 32.2 Å². The number of fused-ring (bicyclic) bond motifs is 1. The van der Waals surface area contributed by atoms with Gasteiger partial charge in [-0.2, -0.15) is 5.10 Å². The van der Waals surface area contributed by atoms with Crippen molar-refractivity contribution in [1.82, 2.24) is 25.1 Å². The van der Waals surface area contributed by atoms with E-state index in [1.54, 1.807) is 35.6 Å². The van der Waals surface area contributed by atoms with E-state index in [1.807, 2.05) is 36.4 Å². The lowest BCUT2D eigenvalue weighted by atomic mass is 10.1. The van der Waals surface area contributed by atoms with Gasteiger partial charge in [-0.1, -0.05) is 24.3 Å². The maximum absolute atomic E-state index is 13.2. The lowest BCUT2D eigenvalue weighted by molar-refractivity contribution is 0.0955. The minimum Gasteiger partial charge on any atom is -0.467 e. The van der Waals surface area contributed by atoms with Crippen molar-refractivity contribution in [1.29, 1.82) is 0 Å². The number of hydrogen-bond donors (Lipinski definition) is 1. The van der Waals surface area contributed by atoms with Crippen LogP contribution in [-0.2, 0) is 13.0 Å². The summed E-state index contributed by atoms with van der Waals surface area (Å²) in [6.45, 7) is 3.04. The van der Waals surface area contributed by atoms with E-state index in [2.05, 4.69) is 34.5 Å². The molecule has 1 aromatic carbocycles. The van der Waals surface area contributed by atoms with Crippen molar-refractivity contribution in [2.75, 3.05) is 6.54 Å². The highest BCUT2D eigenvalue weighted by Gasteiger charge is 2.18. The number of hydrogen-bond acceptors (Lipinski definition) is 5. The summed E-state index contributed by atoms with van der Waals surface area (Å²) in [7, 11) is 0. The predicted octanol–water partition coefficient (Wildman–Crippen LogP) is 4.42. The standard InChI is InChI=1S/C26H23N5O2/c1-18-6-2-3-7-19(18)10-12-28-26(32)22-14-24(20-8-4-11-27-15-20)30-25-23(22)16-29-31(25)17-21-9-5-13-33-21/h2-9,11,13-16H,10,12,17H2,1H3,(H,28,32). The van der Waals surface area contributed by atoms with Crippen LogP contribution >= 0.6 is 0 Å². The summed E-state index contributed by atoms with van der Waals surface area (Å²) in [5.41, 5.74) is 5.10. The molecule has 4 heterocycles. The molecule has 33 heavy (non-hydrogen) atoms. The fraction of sp³-hybridized carbons (Fsp3) is 0.154. The molecule has 0 bridgehead atoms. The van der Waals surface area contributed by atoms with Crippen LogP contribution in [0.2, 0.25) is 0 Å². The molecule has 0 aliphatic rings. The number of benzene rings is 1. The lowest BCUT2D eigenvalue weighted by Crippen LogP contribution is -2.26. The number of aryl methyl sites for hydroxylation is 1. The molecule has 0 unspecified atom stereocenters. The molecular weight excluding hydrogens is 414 g/mol. The minimum absolute atomic E-state index is 0.154. The van der Waals surface area contributed by atoms with Crippen molar-refractivity contribution in [3.8, 4) is 11.3 Å². The monoisotopic (exact) mass is 437 g/mol. The summed E-state index contributed by atoms with van der Waals surface area (Å²) in [6.07, 6.45) is 7.53. The largest absolute Gasteiger partial charge is 0.467 e. The zero-order valence-corrected chi connectivity index (χ0v) is 18.2. The number of rotatable bonds is 7. The number of nitrogens with one attached hydrogen (secondary N) is 1. The van der Waals surface area contributed by atoms with Crippen LogP contribution in [0.3, 0.4) is 0 Å². The molecule has 0 spiro atoms. The second-order valence-corrected chi connectivity index (χ2v) is 7.85. The van der Waals surface area contributed by atoms with Crippen molar-refractivity contribution in [3.63, 3.8) is 0 Å². The summed E-state index contributed by atoms with van der Waals surface area (Å²) in [5, 5.41) is 8.25. The molecule has 1 amide bonds. The second-order valence-electron chi connectivity index (χ2n) is 7.85. The molecule has 7 heteroatoms. The fourth-order valence-corrected chi connectivity index (χ4v) is 3.86. The molecule has 164 valence electrons. The average molecular weight is 438 g/mol. The van der Waals surface area contributed by atoms with Crippen LogP contribution in [0.25, 0.3) is 22.3 Å². The topological polar surface area (TPSA) is 85.8 Å². The summed E-state index contributed by atoms with van der Waals surface area (Å²) in [6, 6.07) is 17.5. The SMILES string of the molecule is Cc1ccccc1CCNC(=O)c1cc(-c2cccnc2)nc2c1cnn2Cc1ccco1. The van der Waals surface area contributed by atoms with E-state index in [0.717, 1.165) is 17.7 Å². The molecule has 0 saturated heterocycles. The van der Waals surface area contributed by atoms with Gasteiger partial charge in [0, 0.05) is 24.5 Å². The van der Waals surface area contributed by atoms with Gasteiger partial charge in [0.15, 0.2) is 5.65 Å². The highest BCUT2D eigenvalue weighted by atomic mass is 16.3. The molecule has 0 saturated carbocycles. The first-order chi connectivity index (χ1) is 16.2. The smallest absolute Gasteiger partial charge is 0.252 e. The normalized spacial score (nSPS) is 11.1. The van der Waals surface area contributed by atoms with Gasteiger partial charge in [-0.25, -0.2) is 9.67 Å². The summed E-state index contributed by atoms with van der Waals surface area (Å²) < 4.78 is 7.22. The third-order valence-corrected chi connectivity index (χ3v) is 5.64. The van der Waals surface area contributed by atoms with Crippen molar-refractivity contribution >= 4 is 16.9 Å². The lowest BCUT2D eigenvalue weighted by Gasteiger charge is -2.10. The van der Waals surface area contributed by atoms with Crippen LogP contribution in [0.15, 0.2) is 83.9 Å².